The fourth-order valence-electron chi connectivity index (χ4n) is 2.83. The van der Waals surface area contributed by atoms with Gasteiger partial charge in [-0.15, -0.1) is 0 Å². The van der Waals surface area contributed by atoms with Crippen molar-refractivity contribution < 1.29 is 9.59 Å². The highest BCUT2D eigenvalue weighted by molar-refractivity contribution is 6.38. The molecule has 110 valence electrons. The molecule has 0 amide bonds. The van der Waals surface area contributed by atoms with E-state index in [2.05, 4.69) is 9.98 Å². The molecule has 0 saturated carbocycles. The Labute approximate surface area is 124 Å². The summed E-state index contributed by atoms with van der Waals surface area (Å²) >= 11 is 0. The maximum absolute atomic E-state index is 11.1. The Morgan fingerprint density at radius 2 is 1.76 bits per heavy atom. The van der Waals surface area contributed by atoms with Crippen LogP contribution in [0.3, 0.4) is 0 Å². The van der Waals surface area contributed by atoms with E-state index in [0.29, 0.717) is 11.4 Å². The van der Waals surface area contributed by atoms with Crippen LogP contribution >= 0.6 is 0 Å². The van der Waals surface area contributed by atoms with Gasteiger partial charge in [-0.1, -0.05) is 13.8 Å². The van der Waals surface area contributed by atoms with Crippen molar-refractivity contribution in [2.24, 2.45) is 4.99 Å². The first-order valence-electron chi connectivity index (χ1n) is 7.19. The monoisotopic (exact) mass is 284 g/mol. The van der Waals surface area contributed by atoms with E-state index in [4.69, 9.17) is 0 Å². The fraction of sp³-hybridized carbons (Fsp3) is 0.353. The van der Waals surface area contributed by atoms with Crippen LogP contribution in [0.5, 0.6) is 0 Å². The maximum Gasteiger partial charge on any atom is 0.168 e. The maximum atomic E-state index is 11.1. The SMILES string of the molecule is CCC1=C(C)/C(=C/c2[nH]c(C=O)c(CC)c2C)N=C1C=O. The Hall–Kier alpha value is -2.23. The quantitative estimate of drug-likeness (QED) is 0.842. The minimum Gasteiger partial charge on any atom is -0.352 e. The molecule has 0 atom stereocenters. The zero-order valence-electron chi connectivity index (χ0n) is 12.9. The van der Waals surface area contributed by atoms with E-state index in [1.807, 2.05) is 33.8 Å². The normalized spacial score (nSPS) is 16.6. The Bertz CT molecular complexity index is 688. The van der Waals surface area contributed by atoms with E-state index in [-0.39, 0.29) is 0 Å². The summed E-state index contributed by atoms with van der Waals surface area (Å²) in [6, 6.07) is 0. The summed E-state index contributed by atoms with van der Waals surface area (Å²) < 4.78 is 0. The first kappa shape index (κ1) is 15.2. The topological polar surface area (TPSA) is 62.3 Å². The summed E-state index contributed by atoms with van der Waals surface area (Å²) in [5.74, 6) is 0. The minimum atomic E-state index is 0.511. The van der Waals surface area contributed by atoms with Crippen molar-refractivity contribution >= 4 is 24.4 Å². The summed E-state index contributed by atoms with van der Waals surface area (Å²) in [4.78, 5) is 29.7. The third kappa shape index (κ3) is 2.53. The van der Waals surface area contributed by atoms with Crippen molar-refractivity contribution in [3.05, 3.63) is 39.4 Å². The van der Waals surface area contributed by atoms with Crippen molar-refractivity contribution in [3.63, 3.8) is 0 Å². The molecule has 1 aromatic heterocycles. The smallest absolute Gasteiger partial charge is 0.168 e. The molecule has 1 aromatic rings. The minimum absolute atomic E-state index is 0.511. The van der Waals surface area contributed by atoms with Gasteiger partial charge in [0.1, 0.15) is 5.71 Å². The molecule has 0 aliphatic carbocycles. The molecule has 0 unspecified atom stereocenters. The largest absolute Gasteiger partial charge is 0.352 e. The predicted octanol–water partition coefficient (Wildman–Crippen LogP) is 3.42. The van der Waals surface area contributed by atoms with Gasteiger partial charge in [-0.25, -0.2) is 4.99 Å². The van der Waals surface area contributed by atoms with E-state index < -0.39 is 0 Å². The van der Waals surface area contributed by atoms with E-state index >= 15 is 0 Å². The number of hydrogen-bond donors (Lipinski definition) is 1. The summed E-state index contributed by atoms with van der Waals surface area (Å²) in [6.07, 6.45) is 5.16. The third-order valence-corrected chi connectivity index (χ3v) is 4.06. The second-order valence-electron chi connectivity index (χ2n) is 5.13. The molecule has 2 heterocycles. The molecule has 4 nitrogen and oxygen atoms in total. The van der Waals surface area contributed by atoms with Gasteiger partial charge < -0.3 is 4.98 Å². The second-order valence-corrected chi connectivity index (χ2v) is 5.13. The average Bonchev–Trinajstić information content (AvgIpc) is 2.96. The Balaban J connectivity index is 2.53. The molecule has 0 bridgehead atoms. The van der Waals surface area contributed by atoms with Crippen molar-refractivity contribution in [1.29, 1.82) is 0 Å². The van der Waals surface area contributed by atoms with Gasteiger partial charge in [0, 0.05) is 5.69 Å². The number of H-pyrrole nitrogens is 1. The number of aliphatic imine (C=N–C) groups is 1. The van der Waals surface area contributed by atoms with Crippen molar-refractivity contribution in [2.45, 2.75) is 40.5 Å². The molecular weight excluding hydrogens is 264 g/mol. The summed E-state index contributed by atoms with van der Waals surface area (Å²) in [7, 11) is 0. The van der Waals surface area contributed by atoms with Crippen LogP contribution in [0.25, 0.3) is 6.08 Å². The molecule has 21 heavy (non-hydrogen) atoms. The molecule has 2 rings (SSSR count). The first-order chi connectivity index (χ1) is 10.1. The van der Waals surface area contributed by atoms with Gasteiger partial charge in [0.25, 0.3) is 0 Å². The lowest BCUT2D eigenvalue weighted by molar-refractivity contribution is -0.102. The number of rotatable bonds is 5. The van der Waals surface area contributed by atoms with Gasteiger partial charge in [-0.2, -0.15) is 0 Å². The van der Waals surface area contributed by atoms with E-state index in [9.17, 15) is 9.59 Å². The zero-order valence-corrected chi connectivity index (χ0v) is 12.9. The lowest BCUT2D eigenvalue weighted by Crippen LogP contribution is -1.99. The molecular formula is C17H20N2O2. The number of aromatic amines is 1. The van der Waals surface area contributed by atoms with Gasteiger partial charge in [0.2, 0.25) is 0 Å². The van der Waals surface area contributed by atoms with Crippen LogP contribution in [0.15, 0.2) is 21.8 Å². The van der Waals surface area contributed by atoms with Crippen LogP contribution in [0.4, 0.5) is 0 Å². The molecule has 1 aliphatic heterocycles. The Morgan fingerprint density at radius 1 is 1.05 bits per heavy atom. The third-order valence-electron chi connectivity index (χ3n) is 4.06. The Morgan fingerprint density at radius 3 is 2.19 bits per heavy atom. The number of allylic oxidation sites excluding steroid dienone is 2. The number of carbonyl (C=O) groups is 2. The van der Waals surface area contributed by atoms with Crippen LogP contribution in [-0.2, 0) is 11.2 Å². The van der Waals surface area contributed by atoms with E-state index in [1.165, 1.54) is 0 Å². The average molecular weight is 284 g/mol. The molecule has 0 spiro atoms. The lowest BCUT2D eigenvalue weighted by atomic mass is 10.0. The lowest BCUT2D eigenvalue weighted by Gasteiger charge is -2.00. The summed E-state index contributed by atoms with van der Waals surface area (Å²) in [5.41, 5.74) is 6.92. The van der Waals surface area contributed by atoms with Crippen molar-refractivity contribution in [2.75, 3.05) is 0 Å². The van der Waals surface area contributed by atoms with Gasteiger partial charge in [0.15, 0.2) is 12.6 Å². The van der Waals surface area contributed by atoms with Crippen LogP contribution < -0.4 is 0 Å². The number of hydrogen-bond acceptors (Lipinski definition) is 3. The highest BCUT2D eigenvalue weighted by atomic mass is 16.1. The fourth-order valence-corrected chi connectivity index (χ4v) is 2.83. The van der Waals surface area contributed by atoms with Crippen LogP contribution in [0.1, 0.15) is 54.5 Å². The van der Waals surface area contributed by atoms with Crippen molar-refractivity contribution in [3.8, 4) is 0 Å². The molecule has 4 heteroatoms. The number of aldehydes is 2. The zero-order chi connectivity index (χ0) is 15.6. The van der Waals surface area contributed by atoms with Crippen LogP contribution in [0.2, 0.25) is 0 Å². The number of nitrogens with one attached hydrogen (secondary N) is 1. The predicted molar refractivity (Wildman–Crippen MR) is 84.8 cm³/mol. The Kier molecular flexibility index (Phi) is 4.36. The van der Waals surface area contributed by atoms with Gasteiger partial charge >= 0.3 is 0 Å². The highest BCUT2D eigenvalue weighted by Gasteiger charge is 2.20. The van der Waals surface area contributed by atoms with E-state index in [1.54, 1.807) is 0 Å². The number of carbonyl (C=O) groups excluding carboxylic acids is 2. The molecule has 0 aromatic carbocycles. The van der Waals surface area contributed by atoms with Crippen LogP contribution in [0, 0.1) is 6.92 Å². The summed E-state index contributed by atoms with van der Waals surface area (Å²) in [6.45, 7) is 8.01. The van der Waals surface area contributed by atoms with Gasteiger partial charge in [0.05, 0.1) is 11.4 Å². The highest BCUT2D eigenvalue weighted by Crippen LogP contribution is 2.29. The first-order valence-corrected chi connectivity index (χ1v) is 7.19. The van der Waals surface area contributed by atoms with Crippen LogP contribution in [-0.4, -0.2) is 23.3 Å². The number of nitrogens with zero attached hydrogens (tertiary/aromatic N) is 1. The molecule has 0 radical (unpaired) electrons. The molecule has 1 aliphatic rings. The number of aromatic nitrogens is 1. The molecule has 0 saturated heterocycles. The standard InChI is InChI=1S/C17H20N2O2/c1-5-12-10(3)14(18-16(12)8-20)7-15-11(4)13(6-2)17(9-21)19-15/h7-9,18H,5-6H2,1-4H3/b15-7-. The molecule has 0 fully saturated rings. The van der Waals surface area contributed by atoms with E-state index in [0.717, 1.165) is 59.1 Å². The van der Waals surface area contributed by atoms with Crippen molar-refractivity contribution in [1.82, 2.24) is 4.98 Å². The molecule has 1 N–H and O–H groups in total. The van der Waals surface area contributed by atoms with Gasteiger partial charge in [-0.3, -0.25) is 9.59 Å². The second kappa shape index (κ2) is 6.04. The summed E-state index contributed by atoms with van der Waals surface area (Å²) in [5, 5.41) is 0. The van der Waals surface area contributed by atoms with Gasteiger partial charge in [-0.05, 0) is 55.0 Å².